The third-order valence-electron chi connectivity index (χ3n) is 2.74. The van der Waals surface area contributed by atoms with Crippen molar-refractivity contribution >= 4 is 11.6 Å². The first-order valence-electron chi connectivity index (χ1n) is 5.60. The van der Waals surface area contributed by atoms with Crippen LogP contribution < -0.4 is 0 Å². The molecule has 16 heavy (non-hydrogen) atoms. The molecule has 0 N–H and O–H groups in total. The number of halogens is 1. The van der Waals surface area contributed by atoms with Crippen molar-refractivity contribution in [2.45, 2.75) is 18.7 Å². The Kier molecular flexibility index (Phi) is 3.63. The van der Waals surface area contributed by atoms with Gasteiger partial charge in [-0.3, -0.25) is 0 Å². The van der Waals surface area contributed by atoms with E-state index in [0.717, 1.165) is 6.42 Å². The van der Waals surface area contributed by atoms with E-state index in [1.807, 2.05) is 6.07 Å². The average molecular weight is 231 g/mol. The highest BCUT2D eigenvalue weighted by atomic mass is 35.5. The van der Waals surface area contributed by atoms with Crippen molar-refractivity contribution in [1.82, 2.24) is 0 Å². The van der Waals surface area contributed by atoms with E-state index in [4.69, 9.17) is 11.6 Å². The maximum absolute atomic E-state index is 6.19. The van der Waals surface area contributed by atoms with Crippen LogP contribution in [0.15, 0.2) is 54.6 Å². The van der Waals surface area contributed by atoms with E-state index in [2.05, 4.69) is 55.5 Å². The smallest absolute Gasteiger partial charge is 0.0582 e. The van der Waals surface area contributed by atoms with Crippen molar-refractivity contribution in [1.29, 1.82) is 0 Å². The molecule has 0 aliphatic carbocycles. The second-order valence-corrected chi connectivity index (χ2v) is 4.39. The molecule has 0 amide bonds. The van der Waals surface area contributed by atoms with Gasteiger partial charge >= 0.3 is 0 Å². The van der Waals surface area contributed by atoms with Crippen LogP contribution in [0.2, 0.25) is 0 Å². The monoisotopic (exact) mass is 230 g/mol. The molecular formula is C15H15Cl. The van der Waals surface area contributed by atoms with Crippen LogP contribution in [-0.2, 0) is 0 Å². The van der Waals surface area contributed by atoms with Crippen LogP contribution >= 0.6 is 11.6 Å². The second kappa shape index (κ2) is 5.18. The first-order chi connectivity index (χ1) is 7.81. The molecule has 0 saturated carbocycles. The molecule has 0 radical (unpaired) electrons. The average Bonchev–Trinajstić information content (AvgIpc) is 2.39. The molecule has 2 aromatic carbocycles. The zero-order chi connectivity index (χ0) is 11.4. The fourth-order valence-corrected chi connectivity index (χ4v) is 1.90. The van der Waals surface area contributed by atoms with Crippen molar-refractivity contribution < 1.29 is 0 Å². The van der Waals surface area contributed by atoms with E-state index >= 15 is 0 Å². The Morgan fingerprint density at radius 3 is 2.00 bits per heavy atom. The molecule has 2 rings (SSSR count). The topological polar surface area (TPSA) is 0 Å². The van der Waals surface area contributed by atoms with Crippen molar-refractivity contribution in [3.63, 3.8) is 0 Å². The van der Waals surface area contributed by atoms with E-state index in [1.165, 1.54) is 16.7 Å². The molecule has 1 heteroatoms. The minimum atomic E-state index is 0.129. The summed E-state index contributed by atoms with van der Waals surface area (Å²) in [6.07, 6.45) is 0.965. The molecule has 82 valence electrons. The minimum Gasteiger partial charge on any atom is -0.118 e. The molecule has 0 aliphatic rings. The second-order valence-electron chi connectivity index (χ2n) is 3.86. The lowest BCUT2D eigenvalue weighted by Gasteiger charge is -2.08. The SMILES string of the molecule is CCC(Cl)c1ccc(-c2ccccc2)cc1. The molecule has 0 saturated heterocycles. The van der Waals surface area contributed by atoms with Crippen molar-refractivity contribution in [3.8, 4) is 11.1 Å². The van der Waals surface area contributed by atoms with E-state index in [-0.39, 0.29) is 5.38 Å². The quantitative estimate of drug-likeness (QED) is 0.648. The van der Waals surface area contributed by atoms with Gasteiger partial charge in [0, 0.05) is 0 Å². The molecule has 1 unspecified atom stereocenters. The Labute approximate surface area is 102 Å². The molecule has 1 atom stereocenters. The summed E-state index contributed by atoms with van der Waals surface area (Å²) < 4.78 is 0. The van der Waals surface area contributed by atoms with Crippen LogP contribution in [0.3, 0.4) is 0 Å². The third-order valence-corrected chi connectivity index (χ3v) is 3.30. The van der Waals surface area contributed by atoms with E-state index in [0.29, 0.717) is 0 Å². The van der Waals surface area contributed by atoms with E-state index < -0.39 is 0 Å². The molecule has 2 aromatic rings. The van der Waals surface area contributed by atoms with Crippen LogP contribution in [0.5, 0.6) is 0 Å². The number of benzene rings is 2. The fraction of sp³-hybridized carbons (Fsp3) is 0.200. The Balaban J connectivity index is 2.26. The Bertz CT molecular complexity index is 431. The lowest BCUT2D eigenvalue weighted by Crippen LogP contribution is -1.87. The first-order valence-corrected chi connectivity index (χ1v) is 6.04. The largest absolute Gasteiger partial charge is 0.118 e. The molecule has 0 spiro atoms. The van der Waals surface area contributed by atoms with Crippen LogP contribution in [0.1, 0.15) is 24.3 Å². The predicted molar refractivity (Wildman–Crippen MR) is 70.8 cm³/mol. The summed E-state index contributed by atoms with van der Waals surface area (Å²) in [6.45, 7) is 2.10. The summed E-state index contributed by atoms with van der Waals surface area (Å²) in [5, 5.41) is 0.129. The van der Waals surface area contributed by atoms with Crippen molar-refractivity contribution in [2.24, 2.45) is 0 Å². The van der Waals surface area contributed by atoms with E-state index in [9.17, 15) is 0 Å². The predicted octanol–water partition coefficient (Wildman–Crippen LogP) is 5.04. The lowest BCUT2D eigenvalue weighted by molar-refractivity contribution is 0.884. The summed E-state index contributed by atoms with van der Waals surface area (Å²) in [5.74, 6) is 0. The first kappa shape index (κ1) is 11.2. The summed E-state index contributed by atoms with van der Waals surface area (Å²) >= 11 is 6.19. The number of rotatable bonds is 3. The summed E-state index contributed by atoms with van der Waals surface area (Å²) in [4.78, 5) is 0. The van der Waals surface area contributed by atoms with E-state index in [1.54, 1.807) is 0 Å². The van der Waals surface area contributed by atoms with Gasteiger partial charge in [0.25, 0.3) is 0 Å². The lowest BCUT2D eigenvalue weighted by atomic mass is 10.0. The van der Waals surface area contributed by atoms with Gasteiger partial charge in [-0.05, 0) is 23.1 Å². The summed E-state index contributed by atoms with van der Waals surface area (Å²) in [7, 11) is 0. The molecular weight excluding hydrogens is 216 g/mol. The van der Waals surface area contributed by atoms with Gasteiger partial charge in [0.05, 0.1) is 5.38 Å². The standard InChI is InChI=1S/C15H15Cl/c1-2-15(16)14-10-8-13(9-11-14)12-6-4-3-5-7-12/h3-11,15H,2H2,1H3. The van der Waals surface area contributed by atoms with Gasteiger partial charge in [0.2, 0.25) is 0 Å². The Morgan fingerprint density at radius 1 is 0.875 bits per heavy atom. The number of hydrogen-bond donors (Lipinski definition) is 0. The summed E-state index contributed by atoms with van der Waals surface area (Å²) in [5.41, 5.74) is 3.69. The molecule has 0 aromatic heterocycles. The van der Waals surface area contributed by atoms with Gasteiger partial charge in [0.1, 0.15) is 0 Å². The molecule has 0 bridgehead atoms. The number of hydrogen-bond acceptors (Lipinski definition) is 0. The number of alkyl halides is 1. The van der Waals surface area contributed by atoms with Crippen LogP contribution in [0.4, 0.5) is 0 Å². The van der Waals surface area contributed by atoms with Gasteiger partial charge < -0.3 is 0 Å². The zero-order valence-electron chi connectivity index (χ0n) is 9.36. The zero-order valence-corrected chi connectivity index (χ0v) is 10.1. The minimum absolute atomic E-state index is 0.129. The maximum Gasteiger partial charge on any atom is 0.0582 e. The highest BCUT2D eigenvalue weighted by Gasteiger charge is 2.04. The summed E-state index contributed by atoms with van der Waals surface area (Å²) in [6, 6.07) is 18.9. The molecule has 0 heterocycles. The van der Waals surface area contributed by atoms with Crippen molar-refractivity contribution in [3.05, 3.63) is 60.2 Å². The molecule has 0 aliphatic heterocycles. The molecule has 0 fully saturated rings. The van der Waals surface area contributed by atoms with Crippen LogP contribution in [0, 0.1) is 0 Å². The third kappa shape index (κ3) is 2.45. The fourth-order valence-electron chi connectivity index (χ4n) is 1.75. The van der Waals surface area contributed by atoms with Gasteiger partial charge in [-0.15, -0.1) is 11.6 Å². The molecule has 0 nitrogen and oxygen atoms in total. The Morgan fingerprint density at radius 2 is 1.44 bits per heavy atom. The normalized spacial score (nSPS) is 12.4. The van der Waals surface area contributed by atoms with Crippen LogP contribution in [-0.4, -0.2) is 0 Å². The van der Waals surface area contributed by atoms with Gasteiger partial charge in [-0.2, -0.15) is 0 Å². The Hall–Kier alpha value is -1.27. The maximum atomic E-state index is 6.19. The van der Waals surface area contributed by atoms with Crippen molar-refractivity contribution in [2.75, 3.05) is 0 Å². The van der Waals surface area contributed by atoms with Gasteiger partial charge in [-0.1, -0.05) is 61.5 Å². The van der Waals surface area contributed by atoms with Gasteiger partial charge in [-0.25, -0.2) is 0 Å². The highest BCUT2D eigenvalue weighted by Crippen LogP contribution is 2.26. The van der Waals surface area contributed by atoms with Gasteiger partial charge in [0.15, 0.2) is 0 Å². The van der Waals surface area contributed by atoms with Crippen LogP contribution in [0.25, 0.3) is 11.1 Å². The highest BCUT2D eigenvalue weighted by molar-refractivity contribution is 6.20.